The zero-order valence-corrected chi connectivity index (χ0v) is 15.7. The number of nitrogens with one attached hydrogen (secondary N) is 1. The second kappa shape index (κ2) is 8.87. The molecule has 1 saturated heterocycles. The molecule has 1 fully saturated rings. The lowest BCUT2D eigenvalue weighted by atomic mass is 9.92. The fraction of sp³-hybridized carbons (Fsp3) is 0.632. The monoisotopic (exact) mass is 364 g/mol. The van der Waals surface area contributed by atoms with Crippen molar-refractivity contribution in [1.29, 1.82) is 0 Å². The van der Waals surface area contributed by atoms with Gasteiger partial charge < -0.3 is 19.7 Å². The van der Waals surface area contributed by atoms with Crippen LogP contribution in [0.25, 0.3) is 0 Å². The first-order chi connectivity index (χ1) is 12.4. The Morgan fingerprint density at radius 3 is 2.62 bits per heavy atom. The van der Waals surface area contributed by atoms with Crippen molar-refractivity contribution in [2.45, 2.75) is 58.9 Å². The van der Waals surface area contributed by atoms with Crippen LogP contribution < -0.4 is 5.32 Å². The molecule has 2 atom stereocenters. The van der Waals surface area contributed by atoms with E-state index in [1.54, 1.807) is 11.8 Å². The third-order valence-corrected chi connectivity index (χ3v) is 4.91. The van der Waals surface area contributed by atoms with Gasteiger partial charge in [-0.05, 0) is 26.2 Å². The number of hydrogen-bond acceptors (Lipinski definition) is 4. The summed E-state index contributed by atoms with van der Waals surface area (Å²) in [5.41, 5.74) is 0.0226. The SMILES string of the molecule is CCCCNC(=O)C1CCC(C)N(C(=O)c2cc(C(=O)O)c(CC)o2)C1. The van der Waals surface area contributed by atoms with E-state index in [2.05, 4.69) is 12.2 Å². The highest BCUT2D eigenvalue weighted by Crippen LogP contribution is 2.26. The molecule has 0 bridgehead atoms. The summed E-state index contributed by atoms with van der Waals surface area (Å²) in [5, 5.41) is 12.2. The number of aryl methyl sites for hydroxylation is 1. The Morgan fingerprint density at radius 2 is 2.04 bits per heavy atom. The smallest absolute Gasteiger partial charge is 0.339 e. The Kier molecular flexibility index (Phi) is 6.83. The van der Waals surface area contributed by atoms with Gasteiger partial charge >= 0.3 is 5.97 Å². The van der Waals surface area contributed by atoms with Gasteiger partial charge in [0.15, 0.2) is 5.76 Å². The maximum absolute atomic E-state index is 12.9. The maximum Gasteiger partial charge on any atom is 0.339 e. The van der Waals surface area contributed by atoms with Gasteiger partial charge in [-0.15, -0.1) is 0 Å². The van der Waals surface area contributed by atoms with Gasteiger partial charge in [-0.25, -0.2) is 4.79 Å². The highest BCUT2D eigenvalue weighted by atomic mass is 16.4. The van der Waals surface area contributed by atoms with Crippen LogP contribution in [0.2, 0.25) is 0 Å². The first-order valence-corrected chi connectivity index (χ1v) is 9.33. The molecule has 2 unspecified atom stereocenters. The van der Waals surface area contributed by atoms with Gasteiger partial charge in [0.05, 0.1) is 5.92 Å². The van der Waals surface area contributed by atoms with Crippen LogP contribution in [0.5, 0.6) is 0 Å². The number of carbonyl (C=O) groups is 3. The normalized spacial score (nSPS) is 20.0. The van der Waals surface area contributed by atoms with Crippen molar-refractivity contribution >= 4 is 17.8 Å². The van der Waals surface area contributed by atoms with Gasteiger partial charge in [0.2, 0.25) is 5.91 Å². The molecule has 7 nitrogen and oxygen atoms in total. The Labute approximate surface area is 153 Å². The molecule has 1 aromatic rings. The minimum Gasteiger partial charge on any atom is -0.478 e. The van der Waals surface area contributed by atoms with E-state index < -0.39 is 5.97 Å². The second-order valence-electron chi connectivity index (χ2n) is 6.83. The van der Waals surface area contributed by atoms with Gasteiger partial charge in [-0.3, -0.25) is 9.59 Å². The zero-order valence-electron chi connectivity index (χ0n) is 15.7. The summed E-state index contributed by atoms with van der Waals surface area (Å²) in [6.45, 7) is 6.75. The molecular formula is C19H28N2O5. The van der Waals surface area contributed by atoms with E-state index >= 15 is 0 Å². The summed E-state index contributed by atoms with van der Waals surface area (Å²) < 4.78 is 5.49. The molecule has 0 aliphatic carbocycles. The number of hydrogen-bond donors (Lipinski definition) is 2. The molecule has 0 radical (unpaired) electrons. The molecule has 2 rings (SSSR count). The number of likely N-dealkylation sites (tertiary alicyclic amines) is 1. The molecule has 1 aliphatic rings. The first kappa shape index (κ1) is 20.0. The number of nitrogens with zero attached hydrogens (tertiary/aromatic N) is 1. The molecule has 2 heterocycles. The fourth-order valence-electron chi connectivity index (χ4n) is 3.26. The number of aromatic carboxylic acids is 1. The summed E-state index contributed by atoms with van der Waals surface area (Å²) in [5.74, 6) is -1.41. The van der Waals surface area contributed by atoms with E-state index in [-0.39, 0.29) is 35.1 Å². The lowest BCUT2D eigenvalue weighted by Crippen LogP contribution is -2.49. The topological polar surface area (TPSA) is 99.9 Å². The zero-order chi connectivity index (χ0) is 19.3. The number of carboxylic acids is 1. The average Bonchev–Trinajstić information content (AvgIpc) is 3.06. The molecular weight excluding hydrogens is 336 g/mol. The lowest BCUT2D eigenvalue weighted by molar-refractivity contribution is -0.126. The standard InChI is InChI=1S/C19H28N2O5/c1-4-6-9-20-17(22)13-8-7-12(3)21(11-13)18(23)16-10-14(19(24)25)15(5-2)26-16/h10,12-13H,4-9,11H2,1-3H3,(H,20,22)(H,24,25). The number of rotatable bonds is 7. The van der Waals surface area contributed by atoms with Crippen molar-refractivity contribution in [2.75, 3.05) is 13.1 Å². The van der Waals surface area contributed by atoms with Crippen molar-refractivity contribution in [1.82, 2.24) is 10.2 Å². The van der Waals surface area contributed by atoms with Crippen LogP contribution in [0.15, 0.2) is 10.5 Å². The largest absolute Gasteiger partial charge is 0.478 e. The van der Waals surface area contributed by atoms with Gasteiger partial charge in [-0.2, -0.15) is 0 Å². The van der Waals surface area contributed by atoms with E-state index in [4.69, 9.17) is 4.42 Å². The number of carbonyl (C=O) groups excluding carboxylic acids is 2. The third kappa shape index (κ3) is 4.45. The van der Waals surface area contributed by atoms with Crippen LogP contribution in [-0.2, 0) is 11.2 Å². The number of piperidine rings is 1. The van der Waals surface area contributed by atoms with Gasteiger partial charge in [0.1, 0.15) is 11.3 Å². The molecule has 2 N–H and O–H groups in total. The fourth-order valence-corrected chi connectivity index (χ4v) is 3.26. The minimum atomic E-state index is -1.11. The van der Waals surface area contributed by atoms with Crippen LogP contribution in [0.1, 0.15) is 73.1 Å². The Morgan fingerprint density at radius 1 is 1.31 bits per heavy atom. The molecule has 144 valence electrons. The van der Waals surface area contributed by atoms with Crippen molar-refractivity contribution in [3.8, 4) is 0 Å². The summed E-state index contributed by atoms with van der Waals surface area (Å²) >= 11 is 0. The van der Waals surface area contributed by atoms with Crippen LogP contribution in [0.3, 0.4) is 0 Å². The van der Waals surface area contributed by atoms with Crippen LogP contribution in [-0.4, -0.2) is 46.9 Å². The molecule has 1 aromatic heterocycles. The van der Waals surface area contributed by atoms with E-state index in [1.807, 2.05) is 6.92 Å². The second-order valence-corrected chi connectivity index (χ2v) is 6.83. The van der Waals surface area contributed by atoms with Crippen molar-refractivity contribution in [3.05, 3.63) is 23.2 Å². The third-order valence-electron chi connectivity index (χ3n) is 4.91. The van der Waals surface area contributed by atoms with Crippen molar-refractivity contribution in [3.63, 3.8) is 0 Å². The number of amides is 2. The van der Waals surface area contributed by atoms with Crippen LogP contribution in [0, 0.1) is 5.92 Å². The minimum absolute atomic E-state index is 0.0225. The predicted molar refractivity (Wildman–Crippen MR) is 96.2 cm³/mol. The maximum atomic E-state index is 12.9. The summed E-state index contributed by atoms with van der Waals surface area (Å²) in [7, 11) is 0. The highest BCUT2D eigenvalue weighted by molar-refractivity contribution is 5.96. The lowest BCUT2D eigenvalue weighted by Gasteiger charge is -2.36. The summed E-state index contributed by atoms with van der Waals surface area (Å²) in [6, 6.07) is 1.27. The Balaban J connectivity index is 2.11. The van der Waals surface area contributed by atoms with Gasteiger partial charge in [0, 0.05) is 31.6 Å². The van der Waals surface area contributed by atoms with Crippen molar-refractivity contribution < 1.29 is 23.9 Å². The number of furan rings is 1. The molecule has 0 saturated carbocycles. The van der Waals surface area contributed by atoms with Crippen LogP contribution in [0.4, 0.5) is 0 Å². The molecule has 0 spiro atoms. The Bertz CT molecular complexity index is 667. The van der Waals surface area contributed by atoms with Gasteiger partial charge in [-0.1, -0.05) is 20.3 Å². The number of carboxylic acid groups (broad SMARTS) is 1. The van der Waals surface area contributed by atoms with Gasteiger partial charge in [0.25, 0.3) is 5.91 Å². The van der Waals surface area contributed by atoms with E-state index in [0.717, 1.165) is 25.7 Å². The highest BCUT2D eigenvalue weighted by Gasteiger charge is 2.34. The summed E-state index contributed by atoms with van der Waals surface area (Å²) in [4.78, 5) is 38.1. The van der Waals surface area contributed by atoms with E-state index in [1.165, 1.54) is 6.07 Å². The molecule has 7 heteroatoms. The Hall–Kier alpha value is -2.31. The van der Waals surface area contributed by atoms with Crippen LogP contribution >= 0.6 is 0 Å². The van der Waals surface area contributed by atoms with E-state index in [9.17, 15) is 19.5 Å². The molecule has 0 aromatic carbocycles. The molecule has 26 heavy (non-hydrogen) atoms. The average molecular weight is 364 g/mol. The quantitative estimate of drug-likeness (QED) is 0.725. The number of unbranched alkanes of at least 4 members (excludes halogenated alkanes) is 1. The molecule has 1 aliphatic heterocycles. The molecule has 2 amide bonds. The first-order valence-electron chi connectivity index (χ1n) is 9.33. The predicted octanol–water partition coefficient (Wildman–Crippen LogP) is 2.70. The van der Waals surface area contributed by atoms with E-state index in [0.29, 0.717) is 25.3 Å². The summed E-state index contributed by atoms with van der Waals surface area (Å²) in [6.07, 6.45) is 3.80. The van der Waals surface area contributed by atoms with Crippen molar-refractivity contribution in [2.24, 2.45) is 5.92 Å².